The van der Waals surface area contributed by atoms with Gasteiger partial charge in [0, 0.05) is 18.2 Å². The molecule has 0 spiro atoms. The third kappa shape index (κ3) is 3.02. The predicted molar refractivity (Wildman–Crippen MR) is 89.6 cm³/mol. The summed E-state index contributed by atoms with van der Waals surface area (Å²) in [6, 6.07) is 3.85. The lowest BCUT2D eigenvalue weighted by Crippen LogP contribution is -2.03. The third-order valence-electron chi connectivity index (χ3n) is 3.69. The SMILES string of the molecule is COc1cncc(-n2c(Cl)nc(C)c2-c2c(F)cc(OC)cc2F)c1. The summed E-state index contributed by atoms with van der Waals surface area (Å²) in [4.78, 5) is 8.19. The number of aryl methyl sites for hydroxylation is 1. The van der Waals surface area contributed by atoms with Gasteiger partial charge in [-0.2, -0.15) is 0 Å². The molecule has 0 N–H and O–H groups in total. The van der Waals surface area contributed by atoms with E-state index in [-0.39, 0.29) is 22.3 Å². The Morgan fingerprint density at radius 3 is 2.24 bits per heavy atom. The van der Waals surface area contributed by atoms with Gasteiger partial charge in [-0.25, -0.2) is 13.8 Å². The number of pyridine rings is 1. The molecule has 0 saturated carbocycles. The van der Waals surface area contributed by atoms with Gasteiger partial charge in [-0.3, -0.25) is 9.55 Å². The van der Waals surface area contributed by atoms with Crippen molar-refractivity contribution in [1.82, 2.24) is 14.5 Å². The fourth-order valence-corrected chi connectivity index (χ4v) is 2.87. The molecule has 2 aromatic heterocycles. The van der Waals surface area contributed by atoms with Crippen LogP contribution in [-0.4, -0.2) is 28.8 Å². The first-order chi connectivity index (χ1) is 12.0. The number of hydrogen-bond acceptors (Lipinski definition) is 4. The highest BCUT2D eigenvalue weighted by atomic mass is 35.5. The lowest BCUT2D eigenvalue weighted by atomic mass is 10.1. The molecule has 25 heavy (non-hydrogen) atoms. The van der Waals surface area contributed by atoms with Crippen molar-refractivity contribution >= 4 is 11.6 Å². The zero-order valence-electron chi connectivity index (χ0n) is 13.7. The van der Waals surface area contributed by atoms with Crippen LogP contribution >= 0.6 is 11.6 Å². The number of aromatic nitrogens is 3. The number of methoxy groups -OCH3 is 2. The highest BCUT2D eigenvalue weighted by Crippen LogP contribution is 2.36. The summed E-state index contributed by atoms with van der Waals surface area (Å²) >= 11 is 6.21. The van der Waals surface area contributed by atoms with E-state index in [9.17, 15) is 8.78 Å². The lowest BCUT2D eigenvalue weighted by molar-refractivity contribution is 0.407. The van der Waals surface area contributed by atoms with E-state index in [1.54, 1.807) is 13.0 Å². The lowest BCUT2D eigenvalue weighted by Gasteiger charge is -2.13. The zero-order valence-corrected chi connectivity index (χ0v) is 14.4. The Kier molecular flexibility index (Phi) is 4.59. The van der Waals surface area contributed by atoms with Gasteiger partial charge >= 0.3 is 0 Å². The molecule has 0 aliphatic rings. The van der Waals surface area contributed by atoms with Crippen molar-refractivity contribution in [2.75, 3.05) is 14.2 Å². The number of imidazole rings is 1. The van der Waals surface area contributed by atoms with Gasteiger partial charge in [0.05, 0.1) is 49.3 Å². The highest BCUT2D eigenvalue weighted by molar-refractivity contribution is 6.29. The summed E-state index contributed by atoms with van der Waals surface area (Å²) in [5, 5.41) is 0.0529. The Morgan fingerprint density at radius 1 is 1.00 bits per heavy atom. The van der Waals surface area contributed by atoms with E-state index in [0.29, 0.717) is 17.1 Å². The van der Waals surface area contributed by atoms with Gasteiger partial charge < -0.3 is 9.47 Å². The van der Waals surface area contributed by atoms with Gasteiger partial charge in [-0.15, -0.1) is 0 Å². The van der Waals surface area contributed by atoms with Crippen LogP contribution in [0.3, 0.4) is 0 Å². The first kappa shape index (κ1) is 17.2. The Labute approximate surface area is 147 Å². The Bertz CT molecular complexity index is 921. The van der Waals surface area contributed by atoms with Crippen molar-refractivity contribution in [2.45, 2.75) is 6.92 Å². The maximum absolute atomic E-state index is 14.6. The largest absolute Gasteiger partial charge is 0.497 e. The van der Waals surface area contributed by atoms with E-state index in [4.69, 9.17) is 21.1 Å². The number of halogens is 3. The monoisotopic (exact) mass is 365 g/mol. The summed E-state index contributed by atoms with van der Waals surface area (Å²) in [6.07, 6.45) is 3.01. The van der Waals surface area contributed by atoms with Crippen LogP contribution in [0.4, 0.5) is 8.78 Å². The van der Waals surface area contributed by atoms with Crippen molar-refractivity contribution in [3.63, 3.8) is 0 Å². The molecule has 0 bridgehead atoms. The van der Waals surface area contributed by atoms with E-state index < -0.39 is 11.6 Å². The molecule has 3 aromatic rings. The molecule has 5 nitrogen and oxygen atoms in total. The van der Waals surface area contributed by atoms with Crippen LogP contribution in [0.5, 0.6) is 11.5 Å². The van der Waals surface area contributed by atoms with Gasteiger partial charge in [0.1, 0.15) is 23.1 Å². The van der Waals surface area contributed by atoms with Gasteiger partial charge in [0.2, 0.25) is 5.28 Å². The van der Waals surface area contributed by atoms with E-state index >= 15 is 0 Å². The molecule has 0 saturated heterocycles. The highest BCUT2D eigenvalue weighted by Gasteiger charge is 2.23. The van der Waals surface area contributed by atoms with E-state index in [0.717, 1.165) is 12.1 Å². The van der Waals surface area contributed by atoms with Crippen molar-refractivity contribution in [3.8, 4) is 28.4 Å². The molecule has 0 aliphatic heterocycles. The maximum Gasteiger partial charge on any atom is 0.208 e. The van der Waals surface area contributed by atoms with Gasteiger partial charge in [0.15, 0.2) is 0 Å². The predicted octanol–water partition coefficient (Wildman–Crippen LogP) is 4.19. The molecule has 0 fully saturated rings. The summed E-state index contributed by atoms with van der Waals surface area (Å²) in [5.74, 6) is -1.01. The van der Waals surface area contributed by atoms with Crippen molar-refractivity contribution in [3.05, 3.63) is 53.2 Å². The fourth-order valence-electron chi connectivity index (χ4n) is 2.56. The van der Waals surface area contributed by atoms with Gasteiger partial charge in [0.25, 0.3) is 0 Å². The van der Waals surface area contributed by atoms with Crippen LogP contribution < -0.4 is 9.47 Å². The van der Waals surface area contributed by atoms with Crippen LogP contribution in [0.25, 0.3) is 16.9 Å². The molecule has 8 heteroatoms. The minimum atomic E-state index is -0.784. The minimum absolute atomic E-state index is 0.0529. The summed E-state index contributed by atoms with van der Waals surface area (Å²) in [5.41, 5.74) is 0.781. The second-order valence-electron chi connectivity index (χ2n) is 5.20. The Hall–Kier alpha value is -2.67. The molecule has 0 aliphatic carbocycles. The summed E-state index contributed by atoms with van der Waals surface area (Å²) in [6.45, 7) is 1.62. The molecule has 1 aromatic carbocycles. The van der Waals surface area contributed by atoms with Crippen LogP contribution in [0.1, 0.15) is 5.69 Å². The maximum atomic E-state index is 14.6. The molecule has 0 unspecified atom stereocenters. The minimum Gasteiger partial charge on any atom is -0.497 e. The molecule has 0 radical (unpaired) electrons. The molecule has 130 valence electrons. The molecular formula is C17H14ClF2N3O2. The van der Waals surface area contributed by atoms with Crippen LogP contribution in [0, 0.1) is 18.6 Å². The quantitative estimate of drug-likeness (QED) is 0.695. The van der Waals surface area contributed by atoms with E-state index in [2.05, 4.69) is 9.97 Å². The molecule has 0 atom stereocenters. The number of nitrogens with zero attached hydrogens (tertiary/aromatic N) is 3. The third-order valence-corrected chi connectivity index (χ3v) is 3.95. The average molecular weight is 366 g/mol. The molecule has 3 rings (SSSR count). The Morgan fingerprint density at radius 2 is 1.64 bits per heavy atom. The standard InChI is InChI=1S/C17H14ClF2N3O2/c1-9-16(15-13(19)5-11(24-2)6-14(15)20)23(17(18)22-9)10-4-12(25-3)8-21-7-10/h4-8H,1-3H3. The first-order valence-corrected chi connectivity index (χ1v) is 7.61. The van der Waals surface area contributed by atoms with Crippen LogP contribution in [-0.2, 0) is 0 Å². The zero-order chi connectivity index (χ0) is 18.1. The number of ether oxygens (including phenoxy) is 2. The fraction of sp³-hybridized carbons (Fsp3) is 0.176. The van der Waals surface area contributed by atoms with Crippen molar-refractivity contribution in [1.29, 1.82) is 0 Å². The number of rotatable bonds is 4. The molecule has 2 heterocycles. The van der Waals surface area contributed by atoms with Crippen molar-refractivity contribution in [2.24, 2.45) is 0 Å². The molecular weight excluding hydrogens is 352 g/mol. The van der Waals surface area contributed by atoms with Crippen molar-refractivity contribution < 1.29 is 18.3 Å². The van der Waals surface area contributed by atoms with E-state index in [1.807, 2.05) is 0 Å². The average Bonchev–Trinajstić information content (AvgIpc) is 2.88. The van der Waals surface area contributed by atoms with Gasteiger partial charge in [-0.1, -0.05) is 0 Å². The van der Waals surface area contributed by atoms with Gasteiger partial charge in [-0.05, 0) is 18.5 Å². The van der Waals surface area contributed by atoms with Crippen LogP contribution in [0.2, 0.25) is 5.28 Å². The summed E-state index contributed by atoms with van der Waals surface area (Å²) < 4.78 is 40.6. The van der Waals surface area contributed by atoms with Crippen LogP contribution in [0.15, 0.2) is 30.6 Å². The number of hydrogen-bond donors (Lipinski definition) is 0. The molecule has 0 amide bonds. The second kappa shape index (κ2) is 6.68. The second-order valence-corrected chi connectivity index (χ2v) is 5.54. The Balaban J connectivity index is 2.29. The van der Waals surface area contributed by atoms with E-state index in [1.165, 1.54) is 31.2 Å². The first-order valence-electron chi connectivity index (χ1n) is 7.24. The topological polar surface area (TPSA) is 49.2 Å². The normalized spacial score (nSPS) is 10.8. The smallest absolute Gasteiger partial charge is 0.208 e. The number of benzene rings is 1. The summed E-state index contributed by atoms with van der Waals surface area (Å²) in [7, 11) is 2.83.